The number of aryl methyl sites for hydroxylation is 1. The van der Waals surface area contributed by atoms with Gasteiger partial charge in [0.2, 0.25) is 5.88 Å². The molecule has 0 fully saturated rings. The van der Waals surface area contributed by atoms with Crippen LogP contribution in [-0.4, -0.2) is 17.3 Å². The number of hydrogen-bond acceptors (Lipinski definition) is 4. The topological polar surface area (TPSA) is 44.2 Å². The minimum absolute atomic E-state index is 0.335. The quantitative estimate of drug-likeness (QED) is 0.784. The van der Waals surface area contributed by atoms with E-state index in [0.717, 1.165) is 6.42 Å². The zero-order valence-electron chi connectivity index (χ0n) is 10.9. The molecule has 0 aliphatic heterocycles. The van der Waals surface area contributed by atoms with Crippen molar-refractivity contribution in [1.82, 2.24) is 10.2 Å². The maximum absolute atomic E-state index is 5.66. The van der Waals surface area contributed by atoms with Crippen LogP contribution in [0, 0.1) is 0 Å². The van der Waals surface area contributed by atoms with E-state index in [1.807, 2.05) is 18.2 Å². The molecule has 2 aromatic rings. The molecule has 1 aromatic heterocycles. The summed E-state index contributed by atoms with van der Waals surface area (Å²) in [6, 6.07) is 9.34. The van der Waals surface area contributed by atoms with Crippen molar-refractivity contribution in [3.8, 4) is 17.4 Å². The van der Waals surface area contributed by atoms with Gasteiger partial charge >= 0.3 is 0 Å². The van der Waals surface area contributed by atoms with Gasteiger partial charge in [-0.1, -0.05) is 13.0 Å². The monoisotopic (exact) mass is 278 g/mol. The van der Waals surface area contributed by atoms with E-state index in [-0.39, 0.29) is 0 Å². The van der Waals surface area contributed by atoms with E-state index in [1.165, 1.54) is 5.56 Å². The largest absolute Gasteiger partial charge is 0.493 e. The van der Waals surface area contributed by atoms with E-state index in [4.69, 9.17) is 21.1 Å². The van der Waals surface area contributed by atoms with Crippen molar-refractivity contribution in [2.75, 3.05) is 7.11 Å². The van der Waals surface area contributed by atoms with Crippen LogP contribution in [0.5, 0.6) is 17.4 Å². The van der Waals surface area contributed by atoms with Crippen LogP contribution in [0.1, 0.15) is 18.2 Å². The number of rotatable bonds is 5. The number of benzene rings is 1. The van der Waals surface area contributed by atoms with Gasteiger partial charge in [0, 0.05) is 6.07 Å². The molecule has 0 unspecified atom stereocenters. The van der Waals surface area contributed by atoms with Gasteiger partial charge in [-0.2, -0.15) is 5.10 Å². The van der Waals surface area contributed by atoms with E-state index >= 15 is 0 Å². The molecule has 4 nitrogen and oxygen atoms in total. The van der Waals surface area contributed by atoms with Crippen molar-refractivity contribution in [3.63, 3.8) is 0 Å². The SMILES string of the molecule is CCc1ccc(Oc2ccc(CCl)nn2)c(OC)c1. The minimum atomic E-state index is 0.335. The lowest BCUT2D eigenvalue weighted by Gasteiger charge is -2.10. The molecule has 0 radical (unpaired) electrons. The predicted molar refractivity (Wildman–Crippen MR) is 74.0 cm³/mol. The Hall–Kier alpha value is -1.81. The van der Waals surface area contributed by atoms with Gasteiger partial charge in [-0.25, -0.2) is 0 Å². The first-order chi connectivity index (χ1) is 9.26. The lowest BCUT2D eigenvalue weighted by molar-refractivity contribution is 0.371. The lowest BCUT2D eigenvalue weighted by atomic mass is 10.1. The highest BCUT2D eigenvalue weighted by molar-refractivity contribution is 6.16. The number of alkyl halides is 1. The second-order valence-electron chi connectivity index (χ2n) is 3.94. The summed E-state index contributed by atoms with van der Waals surface area (Å²) < 4.78 is 11.0. The molecule has 5 heteroatoms. The van der Waals surface area contributed by atoms with Crippen molar-refractivity contribution in [1.29, 1.82) is 0 Å². The molecule has 0 aliphatic rings. The van der Waals surface area contributed by atoms with Crippen LogP contribution in [0.2, 0.25) is 0 Å². The molecule has 19 heavy (non-hydrogen) atoms. The van der Waals surface area contributed by atoms with Gasteiger partial charge in [-0.05, 0) is 30.2 Å². The summed E-state index contributed by atoms with van der Waals surface area (Å²) in [7, 11) is 1.61. The Kier molecular flexibility index (Phi) is 4.58. The maximum Gasteiger partial charge on any atom is 0.239 e. The molecule has 0 amide bonds. The third kappa shape index (κ3) is 3.35. The molecule has 0 spiro atoms. The number of ether oxygens (including phenoxy) is 2. The fourth-order valence-corrected chi connectivity index (χ4v) is 1.74. The zero-order valence-corrected chi connectivity index (χ0v) is 11.6. The normalized spacial score (nSPS) is 10.3. The predicted octanol–water partition coefficient (Wildman–Crippen LogP) is 3.58. The standard InChI is InChI=1S/C14H15ClN2O2/c1-3-10-4-6-12(13(8-10)18-2)19-14-7-5-11(9-15)16-17-14/h4-8H,3,9H2,1-2H3. The van der Waals surface area contributed by atoms with Gasteiger partial charge in [-0.3, -0.25) is 0 Å². The summed E-state index contributed by atoms with van der Waals surface area (Å²) in [5, 5.41) is 7.89. The number of nitrogens with zero attached hydrogens (tertiary/aromatic N) is 2. The molecular formula is C14H15ClN2O2. The van der Waals surface area contributed by atoms with Crippen LogP contribution in [-0.2, 0) is 12.3 Å². The second-order valence-corrected chi connectivity index (χ2v) is 4.20. The van der Waals surface area contributed by atoms with Crippen molar-refractivity contribution in [2.24, 2.45) is 0 Å². The van der Waals surface area contributed by atoms with E-state index < -0.39 is 0 Å². The van der Waals surface area contributed by atoms with E-state index in [0.29, 0.717) is 29.0 Å². The Labute approximate surface area is 117 Å². The first-order valence-corrected chi connectivity index (χ1v) is 6.53. The van der Waals surface area contributed by atoms with Gasteiger partial charge in [-0.15, -0.1) is 16.7 Å². The van der Waals surface area contributed by atoms with Crippen LogP contribution in [0.15, 0.2) is 30.3 Å². The summed E-state index contributed by atoms with van der Waals surface area (Å²) in [6.45, 7) is 2.09. The first-order valence-electron chi connectivity index (χ1n) is 6.00. The molecular weight excluding hydrogens is 264 g/mol. The van der Waals surface area contributed by atoms with E-state index in [1.54, 1.807) is 19.2 Å². The van der Waals surface area contributed by atoms with Gasteiger partial charge in [0.15, 0.2) is 11.5 Å². The van der Waals surface area contributed by atoms with Crippen molar-refractivity contribution >= 4 is 11.6 Å². The number of halogens is 1. The Morgan fingerprint density at radius 2 is 1.95 bits per heavy atom. The third-order valence-corrected chi connectivity index (χ3v) is 2.96. The van der Waals surface area contributed by atoms with Gasteiger partial charge < -0.3 is 9.47 Å². The Morgan fingerprint density at radius 3 is 2.53 bits per heavy atom. The molecule has 1 aromatic carbocycles. The maximum atomic E-state index is 5.66. The van der Waals surface area contributed by atoms with Crippen LogP contribution >= 0.6 is 11.6 Å². The molecule has 0 saturated heterocycles. The van der Waals surface area contributed by atoms with Crippen LogP contribution in [0.25, 0.3) is 0 Å². The van der Waals surface area contributed by atoms with Crippen molar-refractivity contribution < 1.29 is 9.47 Å². The molecule has 0 atom stereocenters. The first kappa shape index (κ1) is 13.6. The zero-order chi connectivity index (χ0) is 13.7. The Morgan fingerprint density at radius 1 is 1.11 bits per heavy atom. The summed E-state index contributed by atoms with van der Waals surface area (Å²) >= 11 is 5.66. The van der Waals surface area contributed by atoms with Gasteiger partial charge in [0.1, 0.15) is 0 Å². The molecule has 1 heterocycles. The molecule has 0 N–H and O–H groups in total. The molecule has 2 rings (SSSR count). The number of methoxy groups -OCH3 is 1. The Balaban J connectivity index is 2.21. The summed E-state index contributed by atoms with van der Waals surface area (Å²) in [5.41, 5.74) is 1.90. The van der Waals surface area contributed by atoms with Crippen LogP contribution in [0.4, 0.5) is 0 Å². The van der Waals surface area contributed by atoms with Gasteiger partial charge in [0.05, 0.1) is 18.7 Å². The molecule has 100 valence electrons. The van der Waals surface area contributed by atoms with Crippen molar-refractivity contribution in [3.05, 3.63) is 41.6 Å². The third-order valence-electron chi connectivity index (χ3n) is 2.68. The summed E-state index contributed by atoms with van der Waals surface area (Å²) in [4.78, 5) is 0. The lowest BCUT2D eigenvalue weighted by Crippen LogP contribution is -1.96. The van der Waals surface area contributed by atoms with E-state index in [2.05, 4.69) is 17.1 Å². The molecule has 0 bridgehead atoms. The average Bonchev–Trinajstić information content (AvgIpc) is 2.48. The molecule has 0 aliphatic carbocycles. The number of aromatic nitrogens is 2. The fourth-order valence-electron chi connectivity index (χ4n) is 1.60. The average molecular weight is 279 g/mol. The van der Waals surface area contributed by atoms with Crippen molar-refractivity contribution in [2.45, 2.75) is 19.2 Å². The number of hydrogen-bond donors (Lipinski definition) is 0. The van der Waals surface area contributed by atoms with Crippen LogP contribution in [0.3, 0.4) is 0 Å². The summed E-state index contributed by atoms with van der Waals surface area (Å²) in [5.74, 6) is 2.05. The van der Waals surface area contributed by atoms with E-state index in [9.17, 15) is 0 Å². The smallest absolute Gasteiger partial charge is 0.239 e. The second kappa shape index (κ2) is 6.38. The highest BCUT2D eigenvalue weighted by atomic mass is 35.5. The minimum Gasteiger partial charge on any atom is -0.493 e. The highest BCUT2D eigenvalue weighted by Gasteiger charge is 2.07. The fraction of sp³-hybridized carbons (Fsp3) is 0.286. The molecule has 0 saturated carbocycles. The summed E-state index contributed by atoms with van der Waals surface area (Å²) in [6.07, 6.45) is 0.945. The van der Waals surface area contributed by atoms with Crippen LogP contribution < -0.4 is 9.47 Å². The van der Waals surface area contributed by atoms with Gasteiger partial charge in [0.25, 0.3) is 0 Å². The highest BCUT2D eigenvalue weighted by Crippen LogP contribution is 2.31. The Bertz CT molecular complexity index is 544.